The van der Waals surface area contributed by atoms with Crippen molar-refractivity contribution in [1.29, 1.82) is 0 Å². The van der Waals surface area contributed by atoms with Crippen LogP contribution in [0.5, 0.6) is 0 Å². The lowest BCUT2D eigenvalue weighted by atomic mass is 9.97. The van der Waals surface area contributed by atoms with E-state index >= 15 is 0 Å². The number of likely N-dealkylation sites (tertiary alicyclic amines) is 1. The first-order valence-corrected chi connectivity index (χ1v) is 8.25. The van der Waals surface area contributed by atoms with E-state index in [1.807, 2.05) is 31.2 Å². The van der Waals surface area contributed by atoms with Crippen molar-refractivity contribution < 1.29 is 19.5 Å². The van der Waals surface area contributed by atoms with E-state index in [-0.39, 0.29) is 18.2 Å². The van der Waals surface area contributed by atoms with Gasteiger partial charge in [-0.05, 0) is 38.8 Å². The second kappa shape index (κ2) is 5.92. The van der Waals surface area contributed by atoms with E-state index in [4.69, 9.17) is 0 Å². The topological polar surface area (TPSA) is 77.9 Å². The number of hydrogen-bond acceptors (Lipinski definition) is 3. The fourth-order valence-corrected chi connectivity index (χ4v) is 3.61. The van der Waals surface area contributed by atoms with Gasteiger partial charge in [-0.15, -0.1) is 0 Å². The molecular formula is C18H22N2O4. The van der Waals surface area contributed by atoms with E-state index in [1.165, 1.54) is 4.90 Å². The minimum atomic E-state index is -1.16. The summed E-state index contributed by atoms with van der Waals surface area (Å²) in [7, 11) is 0. The van der Waals surface area contributed by atoms with E-state index in [0.717, 1.165) is 11.3 Å². The molecule has 1 aromatic rings. The maximum Gasteiger partial charge on any atom is 0.329 e. The van der Waals surface area contributed by atoms with Gasteiger partial charge in [0.15, 0.2) is 0 Å². The summed E-state index contributed by atoms with van der Waals surface area (Å²) in [6.45, 7) is 4.32. The van der Waals surface area contributed by atoms with Crippen LogP contribution in [-0.4, -0.2) is 46.4 Å². The maximum atomic E-state index is 12.8. The Labute approximate surface area is 141 Å². The zero-order valence-corrected chi connectivity index (χ0v) is 14.0. The lowest BCUT2D eigenvalue weighted by Gasteiger charge is -2.33. The van der Waals surface area contributed by atoms with Crippen LogP contribution in [0.25, 0.3) is 0 Å². The Balaban J connectivity index is 1.77. The molecule has 0 spiro atoms. The van der Waals surface area contributed by atoms with Gasteiger partial charge in [0.1, 0.15) is 5.54 Å². The molecule has 2 aliphatic heterocycles. The Bertz CT molecular complexity index is 685. The SMILES string of the molecule is Cc1ccc(N2CC(C(=O)N3CCCC3(C)C(=O)O)CC2=O)cc1. The number of carboxylic acid groups (broad SMARTS) is 1. The summed E-state index contributed by atoms with van der Waals surface area (Å²) in [4.78, 5) is 39.8. The third-order valence-electron chi connectivity index (χ3n) is 5.19. The van der Waals surface area contributed by atoms with Crippen LogP contribution >= 0.6 is 0 Å². The van der Waals surface area contributed by atoms with Crippen molar-refractivity contribution in [1.82, 2.24) is 4.90 Å². The Morgan fingerprint density at radius 1 is 1.25 bits per heavy atom. The van der Waals surface area contributed by atoms with Gasteiger partial charge in [-0.2, -0.15) is 0 Å². The van der Waals surface area contributed by atoms with Crippen LogP contribution in [0, 0.1) is 12.8 Å². The highest BCUT2D eigenvalue weighted by Gasteiger charge is 2.49. The number of aryl methyl sites for hydroxylation is 1. The van der Waals surface area contributed by atoms with Crippen molar-refractivity contribution in [3.63, 3.8) is 0 Å². The van der Waals surface area contributed by atoms with Gasteiger partial charge in [0.25, 0.3) is 0 Å². The predicted octanol–water partition coefficient (Wildman–Crippen LogP) is 1.81. The van der Waals surface area contributed by atoms with Gasteiger partial charge in [-0.1, -0.05) is 17.7 Å². The van der Waals surface area contributed by atoms with Gasteiger partial charge in [-0.3, -0.25) is 9.59 Å². The third-order valence-corrected chi connectivity index (χ3v) is 5.19. The Morgan fingerprint density at radius 2 is 1.92 bits per heavy atom. The first kappa shape index (κ1) is 16.5. The van der Waals surface area contributed by atoms with Crippen molar-refractivity contribution in [2.24, 2.45) is 5.92 Å². The van der Waals surface area contributed by atoms with Crippen molar-refractivity contribution in [3.05, 3.63) is 29.8 Å². The summed E-state index contributed by atoms with van der Waals surface area (Å²) in [5.41, 5.74) is 0.729. The highest BCUT2D eigenvalue weighted by atomic mass is 16.4. The number of carbonyl (C=O) groups excluding carboxylic acids is 2. The van der Waals surface area contributed by atoms with E-state index in [9.17, 15) is 19.5 Å². The van der Waals surface area contributed by atoms with Gasteiger partial charge in [0.05, 0.1) is 5.92 Å². The Morgan fingerprint density at radius 3 is 2.54 bits per heavy atom. The van der Waals surface area contributed by atoms with Gasteiger partial charge < -0.3 is 14.9 Å². The molecule has 2 aliphatic rings. The summed E-state index contributed by atoms with van der Waals surface area (Å²) in [6.07, 6.45) is 1.27. The van der Waals surface area contributed by atoms with Crippen LogP contribution in [0.2, 0.25) is 0 Å². The monoisotopic (exact) mass is 330 g/mol. The number of amides is 2. The van der Waals surface area contributed by atoms with Gasteiger partial charge in [-0.25, -0.2) is 4.79 Å². The number of carbonyl (C=O) groups is 3. The molecule has 6 heteroatoms. The minimum absolute atomic E-state index is 0.0894. The fraction of sp³-hybridized carbons (Fsp3) is 0.500. The van der Waals surface area contributed by atoms with Crippen LogP contribution in [0.3, 0.4) is 0 Å². The van der Waals surface area contributed by atoms with Crippen molar-refractivity contribution in [2.75, 3.05) is 18.0 Å². The van der Waals surface area contributed by atoms with Crippen LogP contribution in [0.4, 0.5) is 5.69 Å². The average Bonchev–Trinajstić information content (AvgIpc) is 3.12. The molecule has 2 unspecified atom stereocenters. The van der Waals surface area contributed by atoms with Crippen molar-refractivity contribution in [2.45, 2.75) is 38.6 Å². The number of carboxylic acids is 1. The molecule has 0 aliphatic carbocycles. The Kier molecular flexibility index (Phi) is 4.07. The summed E-state index contributed by atoms with van der Waals surface area (Å²) in [6, 6.07) is 7.61. The number of hydrogen-bond donors (Lipinski definition) is 1. The normalized spacial score (nSPS) is 26.9. The second-order valence-electron chi connectivity index (χ2n) is 6.91. The quantitative estimate of drug-likeness (QED) is 0.917. The summed E-state index contributed by atoms with van der Waals surface area (Å²) >= 11 is 0. The smallest absolute Gasteiger partial charge is 0.329 e. The molecule has 0 saturated carbocycles. The lowest BCUT2D eigenvalue weighted by Crippen LogP contribution is -2.52. The first-order valence-electron chi connectivity index (χ1n) is 8.25. The van der Waals surface area contributed by atoms with E-state index < -0.39 is 17.4 Å². The molecule has 0 bridgehead atoms. The predicted molar refractivity (Wildman–Crippen MR) is 88.6 cm³/mol. The largest absolute Gasteiger partial charge is 0.480 e. The molecular weight excluding hydrogens is 308 g/mol. The van der Waals surface area contributed by atoms with E-state index in [0.29, 0.717) is 25.9 Å². The molecule has 2 saturated heterocycles. The minimum Gasteiger partial charge on any atom is -0.480 e. The van der Waals surface area contributed by atoms with Crippen LogP contribution in [0.1, 0.15) is 31.7 Å². The zero-order valence-electron chi connectivity index (χ0n) is 14.0. The molecule has 3 rings (SSSR count). The lowest BCUT2D eigenvalue weighted by molar-refractivity contribution is -0.156. The maximum absolute atomic E-state index is 12.8. The standard InChI is InChI=1S/C18H22N2O4/c1-12-4-6-14(7-5-12)19-11-13(10-15(19)21)16(22)20-9-3-8-18(20,2)17(23)24/h4-7,13H,3,8-11H2,1-2H3,(H,23,24). The molecule has 2 fully saturated rings. The molecule has 1 aromatic carbocycles. The van der Waals surface area contributed by atoms with Gasteiger partial charge >= 0.3 is 5.97 Å². The van der Waals surface area contributed by atoms with Crippen LogP contribution in [-0.2, 0) is 14.4 Å². The highest BCUT2D eigenvalue weighted by Crippen LogP contribution is 2.34. The molecule has 0 radical (unpaired) electrons. The third kappa shape index (κ3) is 2.66. The molecule has 128 valence electrons. The second-order valence-corrected chi connectivity index (χ2v) is 6.91. The number of anilines is 1. The van der Waals surface area contributed by atoms with Crippen LogP contribution in [0.15, 0.2) is 24.3 Å². The van der Waals surface area contributed by atoms with E-state index in [2.05, 4.69) is 0 Å². The molecule has 2 heterocycles. The molecule has 0 aromatic heterocycles. The summed E-state index contributed by atoms with van der Waals surface area (Å²) in [5, 5.41) is 9.47. The van der Waals surface area contributed by atoms with Crippen molar-refractivity contribution in [3.8, 4) is 0 Å². The summed E-state index contributed by atoms with van der Waals surface area (Å²) < 4.78 is 0. The van der Waals surface area contributed by atoms with Gasteiger partial charge in [0.2, 0.25) is 11.8 Å². The van der Waals surface area contributed by atoms with Gasteiger partial charge in [0, 0.05) is 25.2 Å². The highest BCUT2D eigenvalue weighted by molar-refractivity contribution is 6.01. The van der Waals surface area contributed by atoms with Crippen molar-refractivity contribution >= 4 is 23.5 Å². The number of benzene rings is 1. The number of nitrogens with zero attached hydrogens (tertiary/aromatic N) is 2. The Hall–Kier alpha value is -2.37. The molecule has 6 nitrogen and oxygen atoms in total. The summed E-state index contributed by atoms with van der Waals surface area (Å²) in [5.74, 6) is -1.77. The molecule has 2 amide bonds. The number of aliphatic carboxylic acids is 1. The van der Waals surface area contributed by atoms with E-state index in [1.54, 1.807) is 11.8 Å². The average molecular weight is 330 g/mol. The fourth-order valence-electron chi connectivity index (χ4n) is 3.61. The molecule has 2 atom stereocenters. The molecule has 24 heavy (non-hydrogen) atoms. The van der Waals surface area contributed by atoms with Crippen LogP contribution < -0.4 is 4.90 Å². The zero-order chi connectivity index (χ0) is 17.5. The molecule has 1 N–H and O–H groups in total. The number of rotatable bonds is 3. The first-order chi connectivity index (χ1) is 11.3.